The summed E-state index contributed by atoms with van der Waals surface area (Å²) in [6.45, 7) is 6.35. The summed E-state index contributed by atoms with van der Waals surface area (Å²) in [4.78, 5) is 25.0. The summed E-state index contributed by atoms with van der Waals surface area (Å²) in [5.74, 6) is -0.245. The van der Waals surface area contributed by atoms with Gasteiger partial charge in [-0.05, 0) is 42.5 Å². The normalized spacial score (nSPS) is 21.0. The molecule has 46 heavy (non-hydrogen) atoms. The lowest BCUT2D eigenvalue weighted by molar-refractivity contribution is -0.120. The van der Waals surface area contributed by atoms with Crippen LogP contribution in [-0.4, -0.2) is 80.7 Å². The Bertz CT molecular complexity index is 1590. The molecule has 1 aromatic heterocycles. The lowest BCUT2D eigenvalue weighted by Gasteiger charge is -2.31. The Morgan fingerprint density at radius 1 is 1.11 bits per heavy atom. The monoisotopic (exact) mass is 657 g/mol. The van der Waals surface area contributed by atoms with Crippen molar-refractivity contribution in [1.82, 2.24) is 14.9 Å². The van der Waals surface area contributed by atoms with Crippen LogP contribution >= 0.6 is 0 Å². The zero-order valence-electron chi connectivity index (χ0n) is 26.4. The third-order valence-electron chi connectivity index (χ3n) is 8.33. The number of aliphatic hydroxyl groups is 1. The summed E-state index contributed by atoms with van der Waals surface area (Å²) in [7, 11) is -4.11. The highest BCUT2D eigenvalue weighted by Gasteiger charge is 2.44. The SMILES string of the molecule is CCC(=O)NCc1coc2ccc(S(=O)(=O)N(CC(C)C)C[C@@H](O)[C@H](Cc3ccccc3)NC(=O)O[C@H]3CO[C@H]4OCC[C@H]43)cc12. The zero-order chi connectivity index (χ0) is 32.8. The number of nitrogens with zero attached hydrogens (tertiary/aromatic N) is 1. The second kappa shape index (κ2) is 14.9. The maximum atomic E-state index is 14.1. The highest BCUT2D eigenvalue weighted by molar-refractivity contribution is 7.89. The van der Waals surface area contributed by atoms with Gasteiger partial charge in [0.15, 0.2) is 6.29 Å². The van der Waals surface area contributed by atoms with Crippen molar-refractivity contribution in [3.8, 4) is 0 Å². The largest absolute Gasteiger partial charge is 0.464 e. The van der Waals surface area contributed by atoms with Crippen LogP contribution in [0.1, 0.15) is 44.7 Å². The average molecular weight is 658 g/mol. The molecule has 2 aliphatic rings. The molecule has 0 spiro atoms. The van der Waals surface area contributed by atoms with Crippen LogP contribution in [0.15, 0.2) is 64.1 Å². The van der Waals surface area contributed by atoms with Gasteiger partial charge in [-0.15, -0.1) is 0 Å². The van der Waals surface area contributed by atoms with Crippen LogP contribution < -0.4 is 10.6 Å². The van der Waals surface area contributed by atoms with Crippen LogP contribution in [0.2, 0.25) is 0 Å². The maximum absolute atomic E-state index is 14.1. The van der Waals surface area contributed by atoms with Gasteiger partial charge in [-0.2, -0.15) is 4.31 Å². The first-order chi connectivity index (χ1) is 22.0. The van der Waals surface area contributed by atoms with Gasteiger partial charge in [-0.1, -0.05) is 51.1 Å². The van der Waals surface area contributed by atoms with E-state index in [1.165, 1.54) is 22.7 Å². The van der Waals surface area contributed by atoms with E-state index in [0.29, 0.717) is 29.6 Å². The molecule has 0 radical (unpaired) electrons. The van der Waals surface area contributed by atoms with E-state index in [1.54, 1.807) is 13.0 Å². The van der Waals surface area contributed by atoms with E-state index in [1.807, 2.05) is 44.2 Å². The third-order valence-corrected chi connectivity index (χ3v) is 10.2. The highest BCUT2D eigenvalue weighted by atomic mass is 32.2. The smallest absolute Gasteiger partial charge is 0.407 e. The molecule has 3 heterocycles. The van der Waals surface area contributed by atoms with Crippen LogP contribution in [0.3, 0.4) is 0 Å². The number of rotatable bonds is 14. The number of fused-ring (bicyclic) bond motifs is 2. The summed E-state index contributed by atoms with van der Waals surface area (Å²) < 4.78 is 51.9. The quantitative estimate of drug-likeness (QED) is 0.236. The number of nitrogens with one attached hydrogen (secondary N) is 2. The van der Waals surface area contributed by atoms with E-state index < -0.39 is 34.4 Å². The molecule has 3 N–H and O–H groups in total. The lowest BCUT2D eigenvalue weighted by atomic mass is 10.0. The van der Waals surface area contributed by atoms with Crippen molar-refractivity contribution in [1.29, 1.82) is 0 Å². The number of benzene rings is 2. The molecule has 0 saturated carbocycles. The Morgan fingerprint density at radius 2 is 1.89 bits per heavy atom. The first kappa shape index (κ1) is 33.9. The van der Waals surface area contributed by atoms with Crippen molar-refractivity contribution in [2.45, 2.75) is 76.0 Å². The van der Waals surface area contributed by atoms with E-state index >= 15 is 0 Å². The van der Waals surface area contributed by atoms with E-state index in [-0.39, 0.29) is 61.6 Å². The number of amides is 2. The molecule has 2 saturated heterocycles. The molecule has 0 aliphatic carbocycles. The van der Waals surface area contributed by atoms with E-state index in [0.717, 1.165) is 12.0 Å². The minimum Gasteiger partial charge on any atom is -0.464 e. The summed E-state index contributed by atoms with van der Waals surface area (Å²) >= 11 is 0. The molecule has 2 aliphatic heterocycles. The number of carbonyl (C=O) groups is 2. The summed E-state index contributed by atoms with van der Waals surface area (Å²) in [5, 5.41) is 17.7. The number of alkyl carbamates (subject to hydrolysis) is 1. The van der Waals surface area contributed by atoms with Crippen LogP contribution in [-0.2, 0) is 42.0 Å². The number of ether oxygens (including phenoxy) is 3. The number of hydrogen-bond donors (Lipinski definition) is 3. The summed E-state index contributed by atoms with van der Waals surface area (Å²) in [5.41, 5.74) is 1.99. The number of carbonyl (C=O) groups excluding carboxylic acids is 2. The molecule has 0 unspecified atom stereocenters. The molecular formula is C33H43N3O9S. The fraction of sp³-hybridized carbons (Fsp3) is 0.515. The molecule has 2 amide bonds. The van der Waals surface area contributed by atoms with Crippen molar-refractivity contribution < 1.29 is 41.7 Å². The molecule has 13 heteroatoms. The Balaban J connectivity index is 1.36. The van der Waals surface area contributed by atoms with E-state index in [2.05, 4.69) is 10.6 Å². The number of furan rings is 1. The van der Waals surface area contributed by atoms with Crippen molar-refractivity contribution in [2.24, 2.45) is 11.8 Å². The molecule has 0 bridgehead atoms. The van der Waals surface area contributed by atoms with Gasteiger partial charge in [0, 0.05) is 37.0 Å². The summed E-state index contributed by atoms with van der Waals surface area (Å²) in [6, 6.07) is 13.1. The second-order valence-corrected chi connectivity index (χ2v) is 14.2. The van der Waals surface area contributed by atoms with Crippen LogP contribution in [0, 0.1) is 11.8 Å². The standard InChI is InChI=1S/C33H43N3O9S/c1-4-31(38)34-16-23-19-43-29-11-10-24(15-26(23)29)46(40,41)36(17-21(2)3)18-28(37)27(14-22-8-6-5-7-9-22)35-33(39)45-30-20-44-32-25(30)12-13-42-32/h5-11,15,19,21,25,27-28,30,32,37H,4,12-14,16-18,20H2,1-3H3,(H,34,38)(H,35,39)/t25-,27-,28+,30-,32+/m0/s1. The van der Waals surface area contributed by atoms with Crippen molar-refractivity contribution in [3.63, 3.8) is 0 Å². The lowest BCUT2D eigenvalue weighted by Crippen LogP contribution is -2.51. The molecule has 5 atom stereocenters. The number of aliphatic hydroxyl groups excluding tert-OH is 1. The van der Waals surface area contributed by atoms with Gasteiger partial charge in [0.05, 0.1) is 42.4 Å². The van der Waals surface area contributed by atoms with Gasteiger partial charge in [-0.3, -0.25) is 4.79 Å². The Morgan fingerprint density at radius 3 is 2.63 bits per heavy atom. The first-order valence-corrected chi connectivity index (χ1v) is 17.2. The van der Waals surface area contributed by atoms with Gasteiger partial charge in [0.1, 0.15) is 11.7 Å². The topological polar surface area (TPSA) is 157 Å². The maximum Gasteiger partial charge on any atom is 0.407 e. The number of sulfonamides is 1. The Labute approximate surface area is 269 Å². The molecule has 2 aromatic carbocycles. The van der Waals surface area contributed by atoms with Crippen LogP contribution in [0.4, 0.5) is 4.79 Å². The van der Waals surface area contributed by atoms with Crippen molar-refractivity contribution in [2.75, 3.05) is 26.3 Å². The van der Waals surface area contributed by atoms with E-state index in [4.69, 9.17) is 18.6 Å². The minimum atomic E-state index is -4.11. The number of hydrogen-bond acceptors (Lipinski definition) is 9. The Hall–Kier alpha value is -3.49. The van der Waals surface area contributed by atoms with Gasteiger partial charge in [0.2, 0.25) is 15.9 Å². The molecule has 2 fully saturated rings. The molecule has 3 aromatic rings. The minimum absolute atomic E-state index is 0.0267. The highest BCUT2D eigenvalue weighted by Crippen LogP contribution is 2.33. The van der Waals surface area contributed by atoms with Crippen molar-refractivity contribution >= 4 is 33.0 Å². The van der Waals surface area contributed by atoms with Crippen LogP contribution in [0.5, 0.6) is 0 Å². The van der Waals surface area contributed by atoms with Gasteiger partial charge < -0.3 is 34.4 Å². The molecule has 5 rings (SSSR count). The predicted molar refractivity (Wildman–Crippen MR) is 169 cm³/mol. The first-order valence-electron chi connectivity index (χ1n) is 15.7. The van der Waals surface area contributed by atoms with Gasteiger partial charge in [0.25, 0.3) is 0 Å². The summed E-state index contributed by atoms with van der Waals surface area (Å²) in [6.07, 6.45) is -0.0533. The van der Waals surface area contributed by atoms with Crippen LogP contribution in [0.25, 0.3) is 11.0 Å². The third kappa shape index (κ3) is 8.07. The molecule has 12 nitrogen and oxygen atoms in total. The van der Waals surface area contributed by atoms with E-state index in [9.17, 15) is 23.1 Å². The molecular weight excluding hydrogens is 614 g/mol. The molecule has 250 valence electrons. The second-order valence-electron chi connectivity index (χ2n) is 12.2. The Kier molecular flexibility index (Phi) is 11.0. The van der Waals surface area contributed by atoms with Crippen molar-refractivity contribution in [3.05, 3.63) is 65.9 Å². The zero-order valence-corrected chi connectivity index (χ0v) is 27.2. The average Bonchev–Trinajstić information content (AvgIpc) is 3.76. The fourth-order valence-corrected chi connectivity index (χ4v) is 7.51. The fourth-order valence-electron chi connectivity index (χ4n) is 5.86. The van der Waals surface area contributed by atoms with Gasteiger partial charge in [-0.25, -0.2) is 13.2 Å². The predicted octanol–water partition coefficient (Wildman–Crippen LogP) is 3.57. The van der Waals surface area contributed by atoms with Gasteiger partial charge >= 0.3 is 6.09 Å².